The molecule has 4 heteroatoms. The molecule has 4 nitrogen and oxygen atoms in total. The van der Waals surface area contributed by atoms with Crippen molar-refractivity contribution >= 4 is 5.91 Å². The summed E-state index contributed by atoms with van der Waals surface area (Å²) in [7, 11) is 0. The van der Waals surface area contributed by atoms with Crippen molar-refractivity contribution < 1.29 is 9.53 Å². The molecule has 4 unspecified atom stereocenters. The fourth-order valence-electron chi connectivity index (χ4n) is 3.50. The first-order valence-corrected chi connectivity index (χ1v) is 8.11. The van der Waals surface area contributed by atoms with Crippen molar-refractivity contribution in [1.82, 2.24) is 10.2 Å². The zero-order valence-corrected chi connectivity index (χ0v) is 13.6. The second kappa shape index (κ2) is 6.02. The Morgan fingerprint density at radius 1 is 1.45 bits per heavy atom. The van der Waals surface area contributed by atoms with Gasteiger partial charge in [0.15, 0.2) is 0 Å². The quantitative estimate of drug-likeness (QED) is 0.861. The van der Waals surface area contributed by atoms with Crippen LogP contribution in [0.25, 0.3) is 0 Å². The summed E-state index contributed by atoms with van der Waals surface area (Å²) in [6.45, 7) is 11.5. The largest absolute Gasteiger partial charge is 0.375 e. The van der Waals surface area contributed by atoms with Gasteiger partial charge in [-0.15, -0.1) is 0 Å². The molecule has 2 rings (SSSR count). The number of hydrogen-bond donors (Lipinski definition) is 1. The lowest BCUT2D eigenvalue weighted by molar-refractivity contribution is -0.139. The third-order valence-corrected chi connectivity index (χ3v) is 4.89. The van der Waals surface area contributed by atoms with E-state index in [0.29, 0.717) is 17.9 Å². The zero-order chi connectivity index (χ0) is 14.9. The van der Waals surface area contributed by atoms with Crippen LogP contribution in [0.4, 0.5) is 0 Å². The Morgan fingerprint density at radius 2 is 2.15 bits per heavy atom. The molecule has 2 heterocycles. The highest BCUT2D eigenvalue weighted by Crippen LogP contribution is 2.32. The predicted octanol–water partition coefficient (Wildman–Crippen LogP) is 2.53. The number of amides is 1. The average Bonchev–Trinajstić information content (AvgIpc) is 2.73. The van der Waals surface area contributed by atoms with Gasteiger partial charge in [-0.3, -0.25) is 10.1 Å². The lowest BCUT2D eigenvalue weighted by atomic mass is 9.92. The maximum absolute atomic E-state index is 12.8. The second-order valence-corrected chi connectivity index (χ2v) is 6.95. The molecule has 0 saturated carbocycles. The number of carbonyl (C=O) groups excluding carboxylic acids is 1. The maximum Gasteiger partial charge on any atom is 0.241 e. The van der Waals surface area contributed by atoms with Crippen molar-refractivity contribution in [2.45, 2.75) is 84.2 Å². The van der Waals surface area contributed by atoms with E-state index in [2.05, 4.69) is 44.8 Å². The number of carbonyl (C=O) groups is 1. The number of hydrogen-bond acceptors (Lipinski definition) is 3. The van der Waals surface area contributed by atoms with Crippen LogP contribution in [-0.2, 0) is 9.53 Å². The molecule has 2 fully saturated rings. The number of nitrogens with zero attached hydrogens (tertiary/aromatic N) is 1. The summed E-state index contributed by atoms with van der Waals surface area (Å²) in [5, 5.41) is 3.55. The lowest BCUT2D eigenvalue weighted by Crippen LogP contribution is -2.50. The topological polar surface area (TPSA) is 41.6 Å². The molecule has 0 aliphatic carbocycles. The molecule has 0 spiro atoms. The highest BCUT2D eigenvalue weighted by molar-refractivity contribution is 5.85. The predicted molar refractivity (Wildman–Crippen MR) is 80.4 cm³/mol. The minimum atomic E-state index is -0.115. The van der Waals surface area contributed by atoms with Crippen molar-refractivity contribution in [3.8, 4) is 0 Å². The van der Waals surface area contributed by atoms with Crippen molar-refractivity contribution in [3.63, 3.8) is 0 Å². The third-order valence-electron chi connectivity index (χ3n) is 4.89. The van der Waals surface area contributed by atoms with Crippen LogP contribution in [0.1, 0.15) is 60.3 Å². The fourth-order valence-corrected chi connectivity index (χ4v) is 3.50. The van der Waals surface area contributed by atoms with Crippen LogP contribution in [0.3, 0.4) is 0 Å². The molecule has 116 valence electrons. The smallest absolute Gasteiger partial charge is 0.241 e. The maximum atomic E-state index is 12.8. The zero-order valence-electron chi connectivity index (χ0n) is 13.6. The molecule has 2 aliphatic rings. The first kappa shape index (κ1) is 15.8. The van der Waals surface area contributed by atoms with Gasteiger partial charge >= 0.3 is 0 Å². The number of rotatable bonds is 4. The molecule has 1 amide bonds. The van der Waals surface area contributed by atoms with E-state index in [1.807, 2.05) is 0 Å². The summed E-state index contributed by atoms with van der Waals surface area (Å²) in [5.74, 6) is 0.698. The van der Waals surface area contributed by atoms with Crippen molar-refractivity contribution in [3.05, 3.63) is 0 Å². The van der Waals surface area contributed by atoms with Crippen LogP contribution < -0.4 is 5.32 Å². The molecule has 0 aromatic carbocycles. The first-order chi connectivity index (χ1) is 9.39. The minimum absolute atomic E-state index is 0.00379. The van der Waals surface area contributed by atoms with Crippen LogP contribution in [-0.4, -0.2) is 41.3 Å². The molecule has 4 atom stereocenters. The standard InChI is InChI=1S/C16H30N2O2/c1-6-11(3)14-15(19)18(13(7-2)17-14)12-8-9-20-16(4,5)10-12/h11-14,17H,6-10H2,1-5H3. The third kappa shape index (κ3) is 3.01. The van der Waals surface area contributed by atoms with Crippen LogP contribution in [0.5, 0.6) is 0 Å². The van der Waals surface area contributed by atoms with E-state index in [4.69, 9.17) is 4.74 Å². The van der Waals surface area contributed by atoms with E-state index >= 15 is 0 Å². The van der Waals surface area contributed by atoms with Crippen LogP contribution in [0.15, 0.2) is 0 Å². The van der Waals surface area contributed by atoms with Gasteiger partial charge in [-0.05, 0) is 39.0 Å². The highest BCUT2D eigenvalue weighted by Gasteiger charge is 2.45. The minimum Gasteiger partial charge on any atom is -0.375 e. The molecule has 0 radical (unpaired) electrons. The van der Waals surface area contributed by atoms with E-state index in [-0.39, 0.29) is 17.8 Å². The van der Waals surface area contributed by atoms with Crippen LogP contribution in [0, 0.1) is 5.92 Å². The number of ether oxygens (including phenoxy) is 1. The Morgan fingerprint density at radius 3 is 2.70 bits per heavy atom. The molecule has 0 aromatic rings. The second-order valence-electron chi connectivity index (χ2n) is 6.95. The Bertz CT molecular complexity index is 356. The summed E-state index contributed by atoms with van der Waals surface area (Å²) in [6, 6.07) is 0.314. The van der Waals surface area contributed by atoms with E-state index in [1.165, 1.54) is 0 Å². The van der Waals surface area contributed by atoms with Gasteiger partial charge in [-0.25, -0.2) is 0 Å². The SMILES string of the molecule is CCC(C)C1NC(CC)N(C2CCOC(C)(C)C2)C1=O. The highest BCUT2D eigenvalue weighted by atomic mass is 16.5. The van der Waals surface area contributed by atoms with Gasteiger partial charge in [0.1, 0.15) is 0 Å². The monoisotopic (exact) mass is 282 g/mol. The molecule has 2 aliphatic heterocycles. The Kier molecular flexibility index (Phi) is 4.75. The summed E-state index contributed by atoms with van der Waals surface area (Å²) in [5.41, 5.74) is -0.115. The van der Waals surface area contributed by atoms with E-state index in [9.17, 15) is 4.79 Å². The fraction of sp³-hybridized carbons (Fsp3) is 0.938. The van der Waals surface area contributed by atoms with Gasteiger partial charge in [-0.1, -0.05) is 27.2 Å². The molecule has 0 bridgehead atoms. The Labute approximate surface area is 123 Å². The Balaban J connectivity index is 2.14. The van der Waals surface area contributed by atoms with Crippen molar-refractivity contribution in [2.24, 2.45) is 5.92 Å². The normalized spacial score (nSPS) is 35.4. The van der Waals surface area contributed by atoms with Gasteiger partial charge in [0, 0.05) is 12.6 Å². The molecule has 2 saturated heterocycles. The van der Waals surface area contributed by atoms with Gasteiger partial charge < -0.3 is 9.64 Å². The van der Waals surface area contributed by atoms with E-state index < -0.39 is 0 Å². The molecule has 1 N–H and O–H groups in total. The summed E-state index contributed by atoms with van der Waals surface area (Å²) in [4.78, 5) is 14.9. The average molecular weight is 282 g/mol. The molecule has 20 heavy (non-hydrogen) atoms. The van der Waals surface area contributed by atoms with E-state index in [0.717, 1.165) is 32.3 Å². The lowest BCUT2D eigenvalue weighted by Gasteiger charge is -2.41. The van der Waals surface area contributed by atoms with Gasteiger partial charge in [0.2, 0.25) is 5.91 Å². The van der Waals surface area contributed by atoms with Crippen molar-refractivity contribution in [2.75, 3.05) is 6.61 Å². The van der Waals surface area contributed by atoms with Gasteiger partial charge in [-0.2, -0.15) is 0 Å². The molecule has 0 aromatic heterocycles. The number of nitrogens with one attached hydrogen (secondary N) is 1. The van der Waals surface area contributed by atoms with E-state index in [1.54, 1.807) is 0 Å². The van der Waals surface area contributed by atoms with Crippen LogP contribution in [0.2, 0.25) is 0 Å². The van der Waals surface area contributed by atoms with Gasteiger partial charge in [0.05, 0.1) is 17.8 Å². The Hall–Kier alpha value is -0.610. The summed E-state index contributed by atoms with van der Waals surface area (Å²) < 4.78 is 5.80. The molecular weight excluding hydrogens is 252 g/mol. The molecular formula is C16H30N2O2. The van der Waals surface area contributed by atoms with Gasteiger partial charge in [0.25, 0.3) is 0 Å². The summed E-state index contributed by atoms with van der Waals surface area (Å²) >= 11 is 0. The first-order valence-electron chi connectivity index (χ1n) is 8.11. The van der Waals surface area contributed by atoms with Crippen molar-refractivity contribution in [1.29, 1.82) is 0 Å². The summed E-state index contributed by atoms with van der Waals surface area (Å²) in [6.07, 6.45) is 4.09. The van der Waals surface area contributed by atoms with Crippen LogP contribution >= 0.6 is 0 Å².